The summed E-state index contributed by atoms with van der Waals surface area (Å²) in [6.07, 6.45) is 4.71. The molecule has 3 aliphatic rings. The zero-order valence-electron chi connectivity index (χ0n) is 20.3. The van der Waals surface area contributed by atoms with Crippen molar-refractivity contribution >= 4 is 23.1 Å². The van der Waals surface area contributed by atoms with Gasteiger partial charge in [-0.1, -0.05) is 0 Å². The van der Waals surface area contributed by atoms with Gasteiger partial charge in [-0.2, -0.15) is 10.2 Å². The molecule has 12 heteroatoms. The second-order valence-electron chi connectivity index (χ2n) is 10.1. The average molecular weight is 501 g/mol. The van der Waals surface area contributed by atoms with Gasteiger partial charge in [-0.05, 0) is 39.2 Å². The van der Waals surface area contributed by atoms with Gasteiger partial charge in [-0.25, -0.2) is 18.3 Å². The molecule has 2 atom stereocenters. The van der Waals surface area contributed by atoms with Crippen LogP contribution in [0.5, 0.6) is 0 Å². The summed E-state index contributed by atoms with van der Waals surface area (Å²) in [5.74, 6) is 0.207. The Morgan fingerprint density at radius 2 is 2.03 bits per heavy atom. The van der Waals surface area contributed by atoms with Gasteiger partial charge < -0.3 is 19.9 Å². The van der Waals surface area contributed by atoms with Crippen LogP contribution in [-0.2, 0) is 4.74 Å². The van der Waals surface area contributed by atoms with Crippen LogP contribution >= 0.6 is 0 Å². The van der Waals surface area contributed by atoms with Gasteiger partial charge in [-0.3, -0.25) is 9.48 Å². The number of aromatic nitrogens is 5. The van der Waals surface area contributed by atoms with Crippen molar-refractivity contribution in [1.29, 1.82) is 0 Å². The molecule has 0 saturated carbocycles. The molecule has 0 spiro atoms. The number of nitrogens with zero attached hydrogens (tertiary/aromatic N) is 7. The number of piperidine rings is 1. The van der Waals surface area contributed by atoms with Gasteiger partial charge in [0.2, 0.25) is 0 Å². The minimum atomic E-state index is -2.81. The number of carbonyl (C=O) groups is 1. The van der Waals surface area contributed by atoms with Crippen molar-refractivity contribution < 1.29 is 18.3 Å². The summed E-state index contributed by atoms with van der Waals surface area (Å²) < 4.78 is 36.5. The zero-order chi connectivity index (χ0) is 25.0. The van der Waals surface area contributed by atoms with Crippen molar-refractivity contribution in [3.8, 4) is 0 Å². The second-order valence-corrected chi connectivity index (χ2v) is 10.1. The topological polar surface area (TPSA) is 92.8 Å². The minimum absolute atomic E-state index is 0.0177. The second kappa shape index (κ2) is 9.07. The normalized spacial score (nSPS) is 23.0. The van der Waals surface area contributed by atoms with Crippen LogP contribution in [0.4, 0.5) is 20.3 Å². The number of rotatable bonds is 6. The summed E-state index contributed by atoms with van der Waals surface area (Å²) in [6.45, 7) is 7.50. The summed E-state index contributed by atoms with van der Waals surface area (Å²) in [6, 6.07) is 2.61. The highest BCUT2D eigenvalue weighted by molar-refractivity contribution is 6.08. The lowest BCUT2D eigenvalue weighted by Gasteiger charge is -2.34. The Kier molecular flexibility index (Phi) is 5.87. The number of anilines is 2. The molecule has 6 rings (SSSR count). The standard InChI is InChI=1S/C24H30F2N8O2/c1-14(2)31-6-3-15(4-7-31)34-12-19(21(30-34)22(25)26)28-24(35)18-10-27-33-8-5-20(29-23(18)33)32-11-17-9-16(32)13-36-17/h5,8,10,12,14-17,22H,3-4,6-7,9,11,13H2,1-2H3,(H,28,35)/t16-,17-/m0/s1. The predicted molar refractivity (Wildman–Crippen MR) is 129 cm³/mol. The van der Waals surface area contributed by atoms with Crippen molar-refractivity contribution in [2.24, 2.45) is 0 Å². The molecular formula is C24H30F2N8O2. The molecule has 0 aliphatic carbocycles. The number of hydrogen-bond donors (Lipinski definition) is 1. The van der Waals surface area contributed by atoms with Gasteiger partial charge in [0.15, 0.2) is 11.3 Å². The fourth-order valence-electron chi connectivity index (χ4n) is 5.57. The number of likely N-dealkylation sites (tertiary alicyclic amines) is 1. The van der Waals surface area contributed by atoms with Crippen LogP contribution in [-0.4, -0.2) is 79.6 Å². The zero-order valence-corrected chi connectivity index (χ0v) is 20.3. The largest absolute Gasteiger partial charge is 0.374 e. The van der Waals surface area contributed by atoms with Gasteiger partial charge in [0.05, 0.1) is 36.7 Å². The van der Waals surface area contributed by atoms with Crippen LogP contribution in [0.2, 0.25) is 0 Å². The third-order valence-electron chi connectivity index (χ3n) is 7.61. The van der Waals surface area contributed by atoms with E-state index >= 15 is 0 Å². The molecule has 1 N–H and O–H groups in total. The molecule has 0 aromatic carbocycles. The van der Waals surface area contributed by atoms with Crippen molar-refractivity contribution in [2.45, 2.75) is 63.8 Å². The Bertz CT molecular complexity index is 1270. The number of fused-ring (bicyclic) bond motifs is 3. The third-order valence-corrected chi connectivity index (χ3v) is 7.61. The van der Waals surface area contributed by atoms with Crippen LogP contribution in [0.1, 0.15) is 61.6 Å². The minimum Gasteiger partial charge on any atom is -0.374 e. The fourth-order valence-corrected chi connectivity index (χ4v) is 5.57. The molecule has 1 amide bonds. The van der Waals surface area contributed by atoms with Crippen molar-refractivity contribution in [1.82, 2.24) is 29.3 Å². The molecular weight excluding hydrogens is 470 g/mol. The van der Waals surface area contributed by atoms with E-state index in [1.807, 2.05) is 6.07 Å². The summed E-state index contributed by atoms with van der Waals surface area (Å²) in [4.78, 5) is 22.4. The first-order valence-corrected chi connectivity index (χ1v) is 12.5. The summed E-state index contributed by atoms with van der Waals surface area (Å²) in [5.41, 5.74) is 0.190. The molecule has 6 heterocycles. The summed E-state index contributed by atoms with van der Waals surface area (Å²) in [5, 5.41) is 11.0. The van der Waals surface area contributed by atoms with E-state index in [1.165, 1.54) is 16.9 Å². The van der Waals surface area contributed by atoms with Crippen LogP contribution in [0, 0.1) is 0 Å². The van der Waals surface area contributed by atoms with E-state index in [0.29, 0.717) is 18.3 Å². The Morgan fingerprint density at radius 3 is 2.69 bits per heavy atom. The van der Waals surface area contributed by atoms with Gasteiger partial charge in [0, 0.05) is 38.1 Å². The van der Waals surface area contributed by atoms with E-state index in [9.17, 15) is 13.6 Å². The maximum atomic E-state index is 13.8. The van der Waals surface area contributed by atoms with Crippen molar-refractivity contribution in [3.63, 3.8) is 0 Å². The summed E-state index contributed by atoms with van der Waals surface area (Å²) in [7, 11) is 0. The number of halogens is 2. The van der Waals surface area contributed by atoms with Gasteiger partial charge in [0.1, 0.15) is 11.4 Å². The molecule has 2 bridgehead atoms. The van der Waals surface area contributed by atoms with Crippen molar-refractivity contribution in [2.75, 3.05) is 36.5 Å². The van der Waals surface area contributed by atoms with Crippen LogP contribution in [0.15, 0.2) is 24.7 Å². The number of alkyl halides is 2. The van der Waals surface area contributed by atoms with Crippen LogP contribution in [0.3, 0.4) is 0 Å². The predicted octanol–water partition coefficient (Wildman–Crippen LogP) is 3.14. The smallest absolute Gasteiger partial charge is 0.284 e. The first-order valence-electron chi connectivity index (χ1n) is 12.5. The Labute approximate surface area is 207 Å². The molecule has 3 saturated heterocycles. The Balaban J connectivity index is 1.23. The number of hydrogen-bond acceptors (Lipinski definition) is 7. The number of amides is 1. The number of carbonyl (C=O) groups excluding carboxylic acids is 1. The quantitative estimate of drug-likeness (QED) is 0.556. The van der Waals surface area contributed by atoms with E-state index in [2.05, 4.69) is 39.2 Å². The summed E-state index contributed by atoms with van der Waals surface area (Å²) >= 11 is 0. The van der Waals surface area contributed by atoms with Crippen LogP contribution in [0.25, 0.3) is 5.65 Å². The number of ether oxygens (including phenoxy) is 1. The van der Waals surface area contributed by atoms with E-state index in [1.54, 1.807) is 10.9 Å². The molecule has 192 valence electrons. The highest BCUT2D eigenvalue weighted by Gasteiger charge is 2.39. The number of morpholine rings is 1. The molecule has 3 aliphatic heterocycles. The van der Waals surface area contributed by atoms with Gasteiger partial charge in [-0.15, -0.1) is 0 Å². The maximum absolute atomic E-state index is 13.8. The lowest BCUT2D eigenvalue weighted by atomic mass is 10.0. The molecule has 36 heavy (non-hydrogen) atoms. The van der Waals surface area contributed by atoms with Gasteiger partial charge >= 0.3 is 0 Å². The SMILES string of the molecule is CC(C)N1CCC(n2cc(NC(=O)c3cnn4ccc(N5C[C@@H]6C[C@H]5CO6)nc34)c(C(F)F)n2)CC1. The van der Waals surface area contributed by atoms with E-state index < -0.39 is 18.0 Å². The maximum Gasteiger partial charge on any atom is 0.284 e. The highest BCUT2D eigenvalue weighted by Crippen LogP contribution is 2.33. The molecule has 10 nitrogen and oxygen atoms in total. The lowest BCUT2D eigenvalue weighted by molar-refractivity contribution is 0.0988. The molecule has 0 unspecified atom stereocenters. The molecule has 3 aromatic heterocycles. The Morgan fingerprint density at radius 1 is 1.22 bits per heavy atom. The van der Waals surface area contributed by atoms with E-state index in [-0.39, 0.29) is 29.4 Å². The van der Waals surface area contributed by atoms with Crippen LogP contribution < -0.4 is 10.2 Å². The van der Waals surface area contributed by atoms with E-state index in [4.69, 9.17) is 9.72 Å². The lowest BCUT2D eigenvalue weighted by Crippen LogP contribution is -2.39. The highest BCUT2D eigenvalue weighted by atomic mass is 19.3. The Hall–Kier alpha value is -3.12. The fraction of sp³-hybridized carbons (Fsp3) is 0.583. The monoisotopic (exact) mass is 500 g/mol. The first-order chi connectivity index (χ1) is 17.4. The average Bonchev–Trinajstić information content (AvgIpc) is 3.66. The number of nitrogens with one attached hydrogen (secondary N) is 1. The van der Waals surface area contributed by atoms with Crippen molar-refractivity contribution in [3.05, 3.63) is 35.9 Å². The third kappa shape index (κ3) is 4.11. The van der Waals surface area contributed by atoms with Gasteiger partial charge in [0.25, 0.3) is 12.3 Å². The molecule has 0 radical (unpaired) electrons. The molecule has 3 fully saturated rings. The first kappa shape index (κ1) is 23.3. The van der Waals surface area contributed by atoms with E-state index in [0.717, 1.165) is 44.7 Å². The molecule has 3 aromatic rings.